The van der Waals surface area contributed by atoms with Gasteiger partial charge in [0.25, 0.3) is 0 Å². The maximum absolute atomic E-state index is 3.88. The zero-order valence-electron chi connectivity index (χ0n) is 4.56. The van der Waals surface area contributed by atoms with Crippen molar-refractivity contribution in [3.63, 3.8) is 0 Å². The number of hydrogen-bond donors (Lipinski definition) is 0. The van der Waals surface area contributed by atoms with Crippen LogP contribution in [0.5, 0.6) is 0 Å². The van der Waals surface area contributed by atoms with Crippen LogP contribution in [-0.2, 0) is 0 Å². The third-order valence-corrected chi connectivity index (χ3v) is 1.46. The van der Waals surface area contributed by atoms with Gasteiger partial charge < -0.3 is 0 Å². The molecule has 0 bridgehead atoms. The van der Waals surface area contributed by atoms with Crippen LogP contribution in [0.25, 0.3) is 0 Å². The maximum atomic E-state index is 3.88. The first-order valence-corrected chi connectivity index (χ1v) is 5.43. The van der Waals surface area contributed by atoms with Gasteiger partial charge in [-0.2, -0.15) is 0 Å². The van der Waals surface area contributed by atoms with Crippen LogP contribution in [0.1, 0.15) is 6.92 Å². The molecule has 0 aliphatic carbocycles. The molecule has 0 unspecified atom stereocenters. The van der Waals surface area contributed by atoms with Gasteiger partial charge >= 0.3 is 54.5 Å². The average Bonchev–Trinajstić information content (AvgIpc) is 1.69. The van der Waals surface area contributed by atoms with E-state index in [2.05, 4.69) is 14.0 Å². The van der Waals surface area contributed by atoms with Crippen LogP contribution in [-0.4, -0.2) is 11.1 Å². The van der Waals surface area contributed by atoms with Crippen molar-refractivity contribution >= 4 is 6.21 Å². The van der Waals surface area contributed by atoms with Crippen LogP contribution >= 0.6 is 0 Å². The fourth-order valence-corrected chi connectivity index (χ4v) is 0.682. The molecule has 0 amide bonds. The number of hydrogen-bond acceptors (Lipinski definition) is 1. The molecule has 0 aliphatic rings. The standard InChI is InChI=1S/C5H9IN/c1-3-7-5-4-6-2/h3-5H,1-2H3/q-1/b5-4+,7-3?. The molecule has 0 rings (SSSR count). The van der Waals surface area contributed by atoms with E-state index in [1.807, 2.05) is 13.1 Å². The molecule has 0 fully saturated rings. The van der Waals surface area contributed by atoms with E-state index >= 15 is 0 Å². The molecule has 0 spiro atoms. The molecule has 0 aliphatic heterocycles. The molecule has 42 valence electrons. The first-order chi connectivity index (χ1) is 3.41. The van der Waals surface area contributed by atoms with Crippen molar-refractivity contribution in [3.8, 4) is 0 Å². The van der Waals surface area contributed by atoms with Crippen molar-refractivity contribution in [1.29, 1.82) is 0 Å². The van der Waals surface area contributed by atoms with Crippen LogP contribution in [0, 0.1) is 0 Å². The molecule has 0 aromatic rings. The zero-order chi connectivity index (χ0) is 5.54. The summed E-state index contributed by atoms with van der Waals surface area (Å²) in [6, 6.07) is 0. The molecular weight excluding hydrogens is 201 g/mol. The van der Waals surface area contributed by atoms with Crippen molar-refractivity contribution in [2.75, 3.05) is 4.93 Å². The predicted octanol–water partition coefficient (Wildman–Crippen LogP) is -1.73. The van der Waals surface area contributed by atoms with E-state index < -0.39 is 0 Å². The summed E-state index contributed by atoms with van der Waals surface area (Å²) in [5, 5.41) is 0. The van der Waals surface area contributed by atoms with Crippen molar-refractivity contribution in [2.24, 2.45) is 4.99 Å². The summed E-state index contributed by atoms with van der Waals surface area (Å²) >= 11 is 0.301. The Balaban J connectivity index is 3.09. The zero-order valence-corrected chi connectivity index (χ0v) is 6.71. The first kappa shape index (κ1) is 7.14. The van der Waals surface area contributed by atoms with Crippen molar-refractivity contribution in [2.45, 2.75) is 6.92 Å². The van der Waals surface area contributed by atoms with Gasteiger partial charge in [0.05, 0.1) is 0 Å². The van der Waals surface area contributed by atoms with Gasteiger partial charge in [-0.1, -0.05) is 0 Å². The second kappa shape index (κ2) is 6.14. The molecule has 0 heterocycles. The molecule has 7 heavy (non-hydrogen) atoms. The number of rotatable bonds is 2. The van der Waals surface area contributed by atoms with Crippen LogP contribution in [0.15, 0.2) is 15.3 Å². The molecule has 1 nitrogen and oxygen atoms in total. The summed E-state index contributed by atoms with van der Waals surface area (Å²) in [5.74, 6) is 0. The first-order valence-electron chi connectivity index (χ1n) is 2.02. The fraction of sp³-hybridized carbons (Fsp3) is 0.400. The Morgan fingerprint density at radius 3 is 2.71 bits per heavy atom. The molecule has 0 saturated heterocycles. The average molecular weight is 210 g/mol. The minimum absolute atomic E-state index is 0.301. The molecular formula is C5H9IN-. The van der Waals surface area contributed by atoms with E-state index in [-0.39, 0.29) is 0 Å². The predicted molar refractivity (Wildman–Crippen MR) is 29.2 cm³/mol. The van der Waals surface area contributed by atoms with Gasteiger partial charge in [-0.15, -0.1) is 0 Å². The summed E-state index contributed by atoms with van der Waals surface area (Å²) in [6.07, 6.45) is 3.64. The summed E-state index contributed by atoms with van der Waals surface area (Å²) in [5.41, 5.74) is 0. The summed E-state index contributed by atoms with van der Waals surface area (Å²) in [4.78, 5) is 6.08. The molecule has 0 N–H and O–H groups in total. The Labute approximate surface area is 54.8 Å². The van der Waals surface area contributed by atoms with Gasteiger partial charge in [0.15, 0.2) is 0 Å². The Bertz CT molecular complexity index is 76.1. The number of alkyl halides is 1. The van der Waals surface area contributed by atoms with Gasteiger partial charge in [-0.3, -0.25) is 0 Å². The molecule has 0 atom stereocenters. The monoisotopic (exact) mass is 210 g/mol. The normalized spacial score (nSPS) is 12.3. The molecule has 0 aromatic carbocycles. The van der Waals surface area contributed by atoms with Crippen LogP contribution in [0.2, 0.25) is 0 Å². The number of halogens is 1. The Hall–Kier alpha value is 0.140. The van der Waals surface area contributed by atoms with E-state index in [1.165, 1.54) is 0 Å². The Morgan fingerprint density at radius 1 is 1.57 bits per heavy atom. The van der Waals surface area contributed by atoms with E-state index in [4.69, 9.17) is 0 Å². The van der Waals surface area contributed by atoms with E-state index in [9.17, 15) is 0 Å². The van der Waals surface area contributed by atoms with Crippen molar-refractivity contribution < 1.29 is 21.2 Å². The summed E-state index contributed by atoms with van der Waals surface area (Å²) in [6.45, 7) is 1.92. The molecule has 0 radical (unpaired) electrons. The van der Waals surface area contributed by atoms with E-state index in [0.717, 1.165) is 0 Å². The summed E-state index contributed by atoms with van der Waals surface area (Å²) in [7, 11) is 0. The van der Waals surface area contributed by atoms with Crippen molar-refractivity contribution in [3.05, 3.63) is 10.3 Å². The van der Waals surface area contributed by atoms with Gasteiger partial charge in [0.1, 0.15) is 0 Å². The second-order valence-electron chi connectivity index (χ2n) is 0.901. The minimum atomic E-state index is 0.301. The van der Waals surface area contributed by atoms with Gasteiger partial charge in [-0.05, 0) is 0 Å². The van der Waals surface area contributed by atoms with Crippen LogP contribution in [0.3, 0.4) is 0 Å². The molecule has 2 heteroatoms. The van der Waals surface area contributed by atoms with Gasteiger partial charge in [0, 0.05) is 0 Å². The van der Waals surface area contributed by atoms with E-state index in [0.29, 0.717) is 21.2 Å². The topological polar surface area (TPSA) is 12.4 Å². The van der Waals surface area contributed by atoms with Gasteiger partial charge in [0.2, 0.25) is 0 Å². The van der Waals surface area contributed by atoms with Crippen molar-refractivity contribution in [1.82, 2.24) is 0 Å². The number of nitrogens with zero attached hydrogens (tertiary/aromatic N) is 1. The summed E-state index contributed by atoms with van der Waals surface area (Å²) < 4.78 is 2.12. The number of aliphatic imine (C=N–C) groups is 1. The quantitative estimate of drug-likeness (QED) is 0.291. The molecule has 0 aromatic heterocycles. The third kappa shape index (κ3) is 6.14. The Morgan fingerprint density at radius 2 is 2.29 bits per heavy atom. The van der Waals surface area contributed by atoms with Gasteiger partial charge in [-0.25, -0.2) is 0 Å². The second-order valence-corrected chi connectivity index (χ2v) is 2.87. The third-order valence-electron chi connectivity index (χ3n) is 0.417. The molecule has 0 saturated carbocycles. The van der Waals surface area contributed by atoms with E-state index in [1.54, 1.807) is 6.21 Å². The van der Waals surface area contributed by atoms with Crippen LogP contribution in [0.4, 0.5) is 0 Å². The fourth-order valence-electron chi connectivity index (χ4n) is 0.175. The van der Waals surface area contributed by atoms with Crippen LogP contribution < -0.4 is 21.2 Å². The SMILES string of the molecule is CC=N/C=C/[I-]C. The Kier molecular flexibility index (Phi) is 6.26.